The number of hydrogen-bond acceptors (Lipinski definition) is 4. The van der Waals surface area contributed by atoms with Gasteiger partial charge in [0, 0.05) is 17.4 Å². The van der Waals surface area contributed by atoms with E-state index in [4.69, 9.17) is 5.21 Å². The summed E-state index contributed by atoms with van der Waals surface area (Å²) in [5.74, 6) is -0.545. The van der Waals surface area contributed by atoms with Crippen LogP contribution < -0.4 is 10.8 Å². The Morgan fingerprint density at radius 3 is 2.48 bits per heavy atom. The summed E-state index contributed by atoms with van der Waals surface area (Å²) >= 11 is 0. The molecule has 0 spiro atoms. The fourth-order valence-electron chi connectivity index (χ4n) is 2.34. The number of nitrogens with one attached hydrogen (secondary N) is 2. The third kappa shape index (κ3) is 3.36. The molecule has 0 aliphatic rings. The average Bonchev–Trinajstić information content (AvgIpc) is 2.62. The summed E-state index contributed by atoms with van der Waals surface area (Å²) in [5.41, 5.74) is 5.39. The Morgan fingerprint density at radius 2 is 1.78 bits per heavy atom. The number of hydrogen-bond donors (Lipinski definition) is 3. The second kappa shape index (κ2) is 6.72. The number of aromatic nitrogens is 1. The van der Waals surface area contributed by atoms with E-state index in [0.29, 0.717) is 5.56 Å². The summed E-state index contributed by atoms with van der Waals surface area (Å²) < 4.78 is 0. The van der Waals surface area contributed by atoms with Gasteiger partial charge in [-0.2, -0.15) is 0 Å². The van der Waals surface area contributed by atoms with Crippen molar-refractivity contribution in [2.45, 2.75) is 0 Å². The lowest BCUT2D eigenvalue weighted by atomic mass is 9.98. The summed E-state index contributed by atoms with van der Waals surface area (Å²) in [5, 5.41) is 12.2. The SMILES string of the molecule is O=C(NO)c1ccc(Nc2cccnc2)cc1-c1ccccc1. The molecular formula is C18H15N3O2. The quantitative estimate of drug-likeness (QED) is 0.508. The van der Waals surface area contributed by atoms with Gasteiger partial charge in [-0.05, 0) is 41.5 Å². The monoisotopic (exact) mass is 305 g/mol. The molecule has 3 aromatic rings. The van der Waals surface area contributed by atoms with Gasteiger partial charge in [-0.3, -0.25) is 15.0 Å². The number of carbonyl (C=O) groups is 1. The molecule has 0 unspecified atom stereocenters. The highest BCUT2D eigenvalue weighted by Gasteiger charge is 2.13. The van der Waals surface area contributed by atoms with Crippen molar-refractivity contribution in [1.82, 2.24) is 10.5 Å². The number of nitrogens with zero attached hydrogens (tertiary/aromatic N) is 1. The van der Waals surface area contributed by atoms with Crippen LogP contribution in [0.3, 0.4) is 0 Å². The maximum absolute atomic E-state index is 11.9. The molecule has 0 aliphatic heterocycles. The Balaban J connectivity index is 2.03. The van der Waals surface area contributed by atoms with Crippen LogP contribution in [-0.2, 0) is 0 Å². The van der Waals surface area contributed by atoms with E-state index in [0.717, 1.165) is 22.5 Å². The number of amides is 1. The van der Waals surface area contributed by atoms with Gasteiger partial charge in [0.1, 0.15) is 0 Å². The number of pyridine rings is 1. The second-order valence-corrected chi connectivity index (χ2v) is 4.93. The Labute approximate surface area is 133 Å². The lowest BCUT2D eigenvalue weighted by molar-refractivity contribution is 0.0707. The molecule has 2 aromatic carbocycles. The lowest BCUT2D eigenvalue weighted by Crippen LogP contribution is -2.19. The summed E-state index contributed by atoms with van der Waals surface area (Å²) in [6.07, 6.45) is 3.42. The highest BCUT2D eigenvalue weighted by atomic mass is 16.5. The largest absolute Gasteiger partial charge is 0.354 e. The number of hydroxylamine groups is 1. The molecule has 1 aromatic heterocycles. The Kier molecular flexibility index (Phi) is 4.31. The van der Waals surface area contributed by atoms with Gasteiger partial charge in [0.05, 0.1) is 11.9 Å². The van der Waals surface area contributed by atoms with Crippen LogP contribution in [0.2, 0.25) is 0 Å². The third-order valence-corrected chi connectivity index (χ3v) is 3.40. The van der Waals surface area contributed by atoms with E-state index in [-0.39, 0.29) is 0 Å². The molecule has 0 fully saturated rings. The van der Waals surface area contributed by atoms with E-state index in [9.17, 15) is 4.79 Å². The molecule has 3 rings (SSSR count). The van der Waals surface area contributed by atoms with Crippen LogP contribution in [0.1, 0.15) is 10.4 Å². The molecule has 5 heteroatoms. The van der Waals surface area contributed by atoms with E-state index >= 15 is 0 Å². The maximum atomic E-state index is 11.9. The molecule has 5 nitrogen and oxygen atoms in total. The van der Waals surface area contributed by atoms with Crippen molar-refractivity contribution in [2.24, 2.45) is 0 Å². The van der Waals surface area contributed by atoms with E-state index in [2.05, 4.69) is 10.3 Å². The molecule has 1 amide bonds. The van der Waals surface area contributed by atoms with E-state index in [1.54, 1.807) is 30.0 Å². The van der Waals surface area contributed by atoms with Gasteiger partial charge in [0.2, 0.25) is 0 Å². The third-order valence-electron chi connectivity index (χ3n) is 3.40. The first-order valence-electron chi connectivity index (χ1n) is 7.09. The van der Waals surface area contributed by atoms with E-state index in [1.165, 1.54) is 0 Å². The maximum Gasteiger partial charge on any atom is 0.275 e. The standard InChI is InChI=1S/C18H15N3O2/c22-18(21-23)16-9-8-14(20-15-7-4-10-19-12-15)11-17(16)13-5-2-1-3-6-13/h1-12,20,23H,(H,21,22). The summed E-state index contributed by atoms with van der Waals surface area (Å²) in [4.78, 5) is 15.9. The molecule has 114 valence electrons. The van der Waals surface area contributed by atoms with Crippen molar-refractivity contribution in [2.75, 3.05) is 5.32 Å². The van der Waals surface area contributed by atoms with Gasteiger partial charge in [-0.15, -0.1) is 0 Å². The molecule has 1 heterocycles. The molecule has 0 bridgehead atoms. The number of rotatable bonds is 4. The van der Waals surface area contributed by atoms with Crippen LogP contribution >= 0.6 is 0 Å². The summed E-state index contributed by atoms with van der Waals surface area (Å²) in [7, 11) is 0. The molecule has 0 aliphatic carbocycles. The topological polar surface area (TPSA) is 74.2 Å². The number of benzene rings is 2. The van der Waals surface area contributed by atoms with Crippen molar-refractivity contribution in [3.8, 4) is 11.1 Å². The van der Waals surface area contributed by atoms with Crippen molar-refractivity contribution in [3.05, 3.63) is 78.6 Å². The van der Waals surface area contributed by atoms with Gasteiger partial charge >= 0.3 is 0 Å². The minimum atomic E-state index is -0.545. The zero-order chi connectivity index (χ0) is 16.1. The Morgan fingerprint density at radius 1 is 0.957 bits per heavy atom. The highest BCUT2D eigenvalue weighted by Crippen LogP contribution is 2.28. The molecular weight excluding hydrogens is 290 g/mol. The predicted molar refractivity (Wildman–Crippen MR) is 88.7 cm³/mol. The number of carbonyl (C=O) groups excluding carboxylic acids is 1. The van der Waals surface area contributed by atoms with Gasteiger partial charge in [0.15, 0.2) is 0 Å². The normalized spacial score (nSPS) is 10.1. The first kappa shape index (κ1) is 14.7. The summed E-state index contributed by atoms with van der Waals surface area (Å²) in [6.45, 7) is 0. The van der Waals surface area contributed by atoms with Crippen molar-refractivity contribution in [1.29, 1.82) is 0 Å². The van der Waals surface area contributed by atoms with Crippen LogP contribution in [0.25, 0.3) is 11.1 Å². The first-order valence-corrected chi connectivity index (χ1v) is 7.09. The van der Waals surface area contributed by atoms with Crippen LogP contribution in [0.4, 0.5) is 11.4 Å². The molecule has 23 heavy (non-hydrogen) atoms. The number of anilines is 2. The van der Waals surface area contributed by atoms with E-state index in [1.807, 2.05) is 48.5 Å². The molecule has 0 saturated carbocycles. The van der Waals surface area contributed by atoms with Crippen LogP contribution in [0.15, 0.2) is 73.1 Å². The highest BCUT2D eigenvalue weighted by molar-refractivity contribution is 6.01. The van der Waals surface area contributed by atoms with Gasteiger partial charge in [-0.25, -0.2) is 5.48 Å². The van der Waals surface area contributed by atoms with Crippen LogP contribution in [0.5, 0.6) is 0 Å². The van der Waals surface area contributed by atoms with Gasteiger partial charge in [0.25, 0.3) is 5.91 Å². The average molecular weight is 305 g/mol. The lowest BCUT2D eigenvalue weighted by Gasteiger charge is -2.12. The van der Waals surface area contributed by atoms with Crippen molar-refractivity contribution >= 4 is 17.3 Å². The molecule has 0 atom stereocenters. The zero-order valence-corrected chi connectivity index (χ0v) is 12.2. The molecule has 3 N–H and O–H groups in total. The van der Waals surface area contributed by atoms with Crippen molar-refractivity contribution in [3.63, 3.8) is 0 Å². The first-order chi connectivity index (χ1) is 11.3. The smallest absolute Gasteiger partial charge is 0.275 e. The summed E-state index contributed by atoms with van der Waals surface area (Å²) in [6, 6.07) is 18.6. The van der Waals surface area contributed by atoms with Crippen LogP contribution in [0, 0.1) is 0 Å². The molecule has 0 radical (unpaired) electrons. The minimum Gasteiger partial charge on any atom is -0.354 e. The van der Waals surface area contributed by atoms with Gasteiger partial charge in [-0.1, -0.05) is 30.3 Å². The second-order valence-electron chi connectivity index (χ2n) is 4.93. The zero-order valence-electron chi connectivity index (χ0n) is 12.2. The van der Waals surface area contributed by atoms with Crippen molar-refractivity contribution < 1.29 is 10.0 Å². The minimum absolute atomic E-state index is 0.399. The van der Waals surface area contributed by atoms with E-state index < -0.39 is 5.91 Å². The van der Waals surface area contributed by atoms with Crippen LogP contribution in [-0.4, -0.2) is 16.1 Å². The fourth-order valence-corrected chi connectivity index (χ4v) is 2.34. The molecule has 0 saturated heterocycles. The predicted octanol–water partition coefficient (Wildman–Crippen LogP) is 3.61. The fraction of sp³-hybridized carbons (Fsp3) is 0. The Hall–Kier alpha value is -3.18. The van der Waals surface area contributed by atoms with Gasteiger partial charge < -0.3 is 5.32 Å². The Bertz CT molecular complexity index is 805.